The van der Waals surface area contributed by atoms with Gasteiger partial charge in [0.05, 0.1) is 6.61 Å². The molecule has 1 aliphatic carbocycles. The number of aromatic nitrogens is 1. The zero-order chi connectivity index (χ0) is 15.4. The summed E-state index contributed by atoms with van der Waals surface area (Å²) in [5, 5.41) is 21.9. The highest BCUT2D eigenvalue weighted by atomic mass is 32.2. The van der Waals surface area contributed by atoms with Crippen LogP contribution in [-0.4, -0.2) is 45.3 Å². The molecule has 2 rings (SSSR count). The van der Waals surface area contributed by atoms with E-state index in [0.717, 1.165) is 36.9 Å². The maximum atomic E-state index is 11.5. The summed E-state index contributed by atoms with van der Waals surface area (Å²) in [5.74, 6) is -0.543. The molecule has 3 N–H and O–H groups in total. The first kappa shape index (κ1) is 16.1. The normalized spacial score (nSPS) is 16.9. The number of hydrogen-bond donors (Lipinski definition) is 3. The summed E-state index contributed by atoms with van der Waals surface area (Å²) in [6, 6.07) is 1.70. The fourth-order valence-electron chi connectivity index (χ4n) is 2.65. The molecule has 0 saturated carbocycles. The minimum Gasteiger partial charge on any atom is -0.478 e. The van der Waals surface area contributed by atoms with E-state index in [1.165, 1.54) is 0 Å². The van der Waals surface area contributed by atoms with Gasteiger partial charge in [0.15, 0.2) is 0 Å². The molecule has 1 aliphatic rings. The fraction of sp³-hybridized carbons (Fsp3) is 0.600. The molecule has 0 aromatic carbocycles. The van der Waals surface area contributed by atoms with Gasteiger partial charge in [-0.2, -0.15) is 11.8 Å². The first-order valence-corrected chi connectivity index (χ1v) is 8.52. The zero-order valence-electron chi connectivity index (χ0n) is 12.4. The average Bonchev–Trinajstić information content (AvgIpc) is 2.47. The summed E-state index contributed by atoms with van der Waals surface area (Å²) in [5.41, 5.74) is 2.28. The number of thioether (sulfide) groups is 1. The molecular weight excluding hydrogens is 288 g/mol. The molecule has 1 aromatic rings. The number of carbonyl (C=O) groups is 1. The summed E-state index contributed by atoms with van der Waals surface area (Å²) in [4.78, 5) is 16.0. The van der Waals surface area contributed by atoms with Crippen LogP contribution in [0, 0.1) is 0 Å². The molecule has 116 valence electrons. The lowest BCUT2D eigenvalue weighted by atomic mass is 9.94. The maximum Gasteiger partial charge on any atom is 0.339 e. The Hall–Kier alpha value is -1.27. The van der Waals surface area contributed by atoms with Crippen LogP contribution in [0.15, 0.2) is 6.07 Å². The Balaban J connectivity index is 2.30. The monoisotopic (exact) mass is 310 g/mol. The molecule has 0 fully saturated rings. The van der Waals surface area contributed by atoms with Crippen molar-refractivity contribution in [3.63, 3.8) is 0 Å². The molecular formula is C15H22N2O3S. The largest absolute Gasteiger partial charge is 0.478 e. The van der Waals surface area contributed by atoms with Crippen LogP contribution < -0.4 is 5.32 Å². The quantitative estimate of drug-likeness (QED) is 0.747. The van der Waals surface area contributed by atoms with Crippen LogP contribution in [0.2, 0.25) is 0 Å². The van der Waals surface area contributed by atoms with E-state index in [-0.39, 0.29) is 23.5 Å². The number of nitrogens with one attached hydrogen (secondary N) is 1. The van der Waals surface area contributed by atoms with Gasteiger partial charge in [0.2, 0.25) is 0 Å². The second-order valence-corrected chi connectivity index (χ2v) is 6.47. The molecule has 21 heavy (non-hydrogen) atoms. The SMILES string of the molecule is CSC(CO)C(C)Nc1nc2c(cc1C(=O)O)CCCC2. The van der Waals surface area contributed by atoms with Gasteiger partial charge in [-0.3, -0.25) is 0 Å². The summed E-state index contributed by atoms with van der Waals surface area (Å²) < 4.78 is 0. The molecule has 0 radical (unpaired) electrons. The molecule has 0 bridgehead atoms. The van der Waals surface area contributed by atoms with Gasteiger partial charge in [-0.1, -0.05) is 0 Å². The van der Waals surface area contributed by atoms with Gasteiger partial charge in [-0.25, -0.2) is 9.78 Å². The number of anilines is 1. The number of aromatic carboxylic acids is 1. The van der Waals surface area contributed by atoms with Gasteiger partial charge >= 0.3 is 5.97 Å². The highest BCUT2D eigenvalue weighted by Crippen LogP contribution is 2.26. The van der Waals surface area contributed by atoms with Crippen molar-refractivity contribution in [2.45, 2.75) is 43.9 Å². The lowest BCUT2D eigenvalue weighted by molar-refractivity contribution is 0.0697. The standard InChI is InChI=1S/C15H22N2O3S/c1-9(13(8-18)21-2)16-14-11(15(19)20)7-10-5-3-4-6-12(10)17-14/h7,9,13,18H,3-6,8H2,1-2H3,(H,16,17)(H,19,20). The fourth-order valence-corrected chi connectivity index (χ4v) is 3.28. The Labute approximate surface area is 129 Å². The number of rotatable bonds is 6. The van der Waals surface area contributed by atoms with Crippen molar-refractivity contribution >= 4 is 23.5 Å². The molecule has 2 unspecified atom stereocenters. The van der Waals surface area contributed by atoms with Crippen molar-refractivity contribution in [1.82, 2.24) is 4.98 Å². The van der Waals surface area contributed by atoms with E-state index in [2.05, 4.69) is 10.3 Å². The van der Waals surface area contributed by atoms with Crippen molar-refractivity contribution in [1.29, 1.82) is 0 Å². The Morgan fingerprint density at radius 3 is 2.81 bits per heavy atom. The highest BCUT2D eigenvalue weighted by molar-refractivity contribution is 7.99. The number of carboxylic acids is 1. The van der Waals surface area contributed by atoms with Crippen molar-refractivity contribution in [2.24, 2.45) is 0 Å². The third-order valence-electron chi connectivity index (χ3n) is 3.94. The Kier molecular flexibility index (Phi) is 5.47. The van der Waals surface area contributed by atoms with E-state index in [4.69, 9.17) is 0 Å². The van der Waals surface area contributed by atoms with E-state index in [1.54, 1.807) is 17.8 Å². The van der Waals surface area contributed by atoms with Gasteiger partial charge < -0.3 is 15.5 Å². The molecule has 0 spiro atoms. The Bertz CT molecular complexity index is 518. The van der Waals surface area contributed by atoms with Crippen molar-refractivity contribution in [2.75, 3.05) is 18.2 Å². The number of aliphatic hydroxyl groups is 1. The lowest BCUT2D eigenvalue weighted by Crippen LogP contribution is -2.32. The molecule has 6 heteroatoms. The molecule has 5 nitrogen and oxygen atoms in total. The van der Waals surface area contributed by atoms with Crippen LogP contribution in [0.1, 0.15) is 41.4 Å². The number of fused-ring (bicyclic) bond motifs is 1. The van der Waals surface area contributed by atoms with Crippen LogP contribution >= 0.6 is 11.8 Å². The van der Waals surface area contributed by atoms with Crippen LogP contribution in [0.4, 0.5) is 5.82 Å². The second-order valence-electron chi connectivity index (χ2n) is 5.39. The summed E-state index contributed by atoms with van der Waals surface area (Å²) >= 11 is 1.55. The third-order valence-corrected chi connectivity index (χ3v) is 5.10. The molecule has 1 heterocycles. The minimum atomic E-state index is -0.963. The van der Waals surface area contributed by atoms with Crippen LogP contribution in [0.3, 0.4) is 0 Å². The van der Waals surface area contributed by atoms with Crippen LogP contribution in [0.5, 0.6) is 0 Å². The Morgan fingerprint density at radius 2 is 2.19 bits per heavy atom. The number of hydrogen-bond acceptors (Lipinski definition) is 5. The first-order valence-electron chi connectivity index (χ1n) is 7.23. The van der Waals surface area contributed by atoms with Crippen LogP contribution in [0.25, 0.3) is 0 Å². The predicted molar refractivity (Wildman–Crippen MR) is 85.3 cm³/mol. The summed E-state index contributed by atoms with van der Waals surface area (Å²) in [6.07, 6.45) is 5.94. The van der Waals surface area contributed by atoms with E-state index in [0.29, 0.717) is 5.82 Å². The van der Waals surface area contributed by atoms with E-state index >= 15 is 0 Å². The van der Waals surface area contributed by atoms with Gasteiger partial charge in [-0.15, -0.1) is 0 Å². The predicted octanol–water partition coefficient (Wildman–Crippen LogP) is 2.18. The van der Waals surface area contributed by atoms with E-state index < -0.39 is 5.97 Å². The van der Waals surface area contributed by atoms with Crippen molar-refractivity contribution in [3.05, 3.63) is 22.9 Å². The number of aliphatic hydroxyl groups excluding tert-OH is 1. The van der Waals surface area contributed by atoms with Crippen LogP contribution in [-0.2, 0) is 12.8 Å². The molecule has 2 atom stereocenters. The zero-order valence-corrected chi connectivity index (χ0v) is 13.2. The lowest BCUT2D eigenvalue weighted by Gasteiger charge is -2.24. The topological polar surface area (TPSA) is 82.5 Å². The molecule has 0 aliphatic heterocycles. The van der Waals surface area contributed by atoms with Crippen molar-refractivity contribution < 1.29 is 15.0 Å². The summed E-state index contributed by atoms with van der Waals surface area (Å²) in [6.45, 7) is 1.98. The molecule has 0 saturated heterocycles. The minimum absolute atomic E-state index is 0.00415. The highest BCUT2D eigenvalue weighted by Gasteiger charge is 2.22. The van der Waals surface area contributed by atoms with E-state index in [1.807, 2.05) is 13.2 Å². The molecule has 0 amide bonds. The number of pyridine rings is 1. The van der Waals surface area contributed by atoms with Gasteiger partial charge in [-0.05, 0) is 50.5 Å². The van der Waals surface area contributed by atoms with Gasteiger partial charge in [0.1, 0.15) is 11.4 Å². The smallest absolute Gasteiger partial charge is 0.339 e. The number of nitrogens with zero attached hydrogens (tertiary/aromatic N) is 1. The van der Waals surface area contributed by atoms with Gasteiger partial charge in [0.25, 0.3) is 0 Å². The van der Waals surface area contributed by atoms with E-state index in [9.17, 15) is 15.0 Å². The van der Waals surface area contributed by atoms with Gasteiger partial charge in [0, 0.05) is 17.0 Å². The number of aryl methyl sites for hydroxylation is 2. The third kappa shape index (κ3) is 3.68. The average molecular weight is 310 g/mol. The molecule has 1 aromatic heterocycles. The maximum absolute atomic E-state index is 11.5. The summed E-state index contributed by atoms with van der Waals surface area (Å²) in [7, 11) is 0. The first-order chi connectivity index (χ1) is 10.1. The second kappa shape index (κ2) is 7.13. The number of carboxylic acid groups (broad SMARTS) is 1. The van der Waals surface area contributed by atoms with Crippen molar-refractivity contribution in [3.8, 4) is 0 Å². The Morgan fingerprint density at radius 1 is 1.48 bits per heavy atom.